The molecule has 2 aromatic heterocycles. The molecule has 4 aromatic rings. The summed E-state index contributed by atoms with van der Waals surface area (Å²) < 4.78 is 0. The summed E-state index contributed by atoms with van der Waals surface area (Å²) in [7, 11) is 0. The number of nitrogens with one attached hydrogen (secondary N) is 1. The molecule has 2 aromatic carbocycles. The summed E-state index contributed by atoms with van der Waals surface area (Å²) in [6.07, 6.45) is 0. The number of anilines is 1. The Bertz CT molecular complexity index is 1090. The molecule has 0 spiro atoms. The highest BCUT2D eigenvalue weighted by atomic mass is 32.1. The van der Waals surface area contributed by atoms with E-state index in [0.29, 0.717) is 0 Å². The second kappa shape index (κ2) is 6.94. The van der Waals surface area contributed by atoms with Crippen LogP contribution >= 0.6 is 22.7 Å². The summed E-state index contributed by atoms with van der Waals surface area (Å²) in [6.45, 7) is 0. The zero-order chi connectivity index (χ0) is 17.1. The predicted octanol–water partition coefficient (Wildman–Crippen LogP) is 5.62. The molecular weight excluding hydrogens is 346 g/mol. The SMILES string of the molecule is O=C(C#Cc1ccc(-c2cccs2)s1)Nc1cccc2ccccc12. The second-order valence-corrected chi connectivity index (χ2v) is 7.40. The zero-order valence-corrected chi connectivity index (χ0v) is 14.8. The summed E-state index contributed by atoms with van der Waals surface area (Å²) >= 11 is 3.30. The average Bonchev–Trinajstić information content (AvgIpc) is 3.32. The molecule has 25 heavy (non-hydrogen) atoms. The average molecular weight is 359 g/mol. The Balaban J connectivity index is 1.52. The van der Waals surface area contributed by atoms with Gasteiger partial charge in [-0.3, -0.25) is 4.79 Å². The number of thiophene rings is 2. The van der Waals surface area contributed by atoms with E-state index in [1.54, 1.807) is 22.7 Å². The molecule has 2 heterocycles. The predicted molar refractivity (Wildman–Crippen MR) is 107 cm³/mol. The van der Waals surface area contributed by atoms with Crippen molar-refractivity contribution >= 4 is 45.0 Å². The second-order valence-electron chi connectivity index (χ2n) is 5.37. The van der Waals surface area contributed by atoms with Crippen LogP contribution in [0.1, 0.15) is 4.88 Å². The van der Waals surface area contributed by atoms with Crippen molar-refractivity contribution in [1.82, 2.24) is 0 Å². The minimum Gasteiger partial charge on any atom is -0.315 e. The lowest BCUT2D eigenvalue weighted by atomic mass is 10.1. The number of carbonyl (C=O) groups excluding carboxylic acids is 1. The Morgan fingerprint density at radius 1 is 0.880 bits per heavy atom. The van der Waals surface area contributed by atoms with E-state index in [1.807, 2.05) is 60.7 Å². The van der Waals surface area contributed by atoms with Crippen molar-refractivity contribution in [3.8, 4) is 21.6 Å². The Morgan fingerprint density at radius 3 is 2.64 bits per heavy atom. The van der Waals surface area contributed by atoms with Gasteiger partial charge in [0, 0.05) is 26.7 Å². The number of carbonyl (C=O) groups is 1. The van der Waals surface area contributed by atoms with Gasteiger partial charge in [0.05, 0.1) is 4.88 Å². The van der Waals surface area contributed by atoms with Crippen molar-refractivity contribution in [2.45, 2.75) is 0 Å². The van der Waals surface area contributed by atoms with E-state index in [9.17, 15) is 4.79 Å². The number of rotatable bonds is 2. The Labute approximate surface area is 153 Å². The van der Waals surface area contributed by atoms with E-state index in [0.717, 1.165) is 21.3 Å². The monoisotopic (exact) mass is 359 g/mol. The van der Waals surface area contributed by atoms with E-state index in [4.69, 9.17) is 0 Å². The molecule has 0 radical (unpaired) electrons. The van der Waals surface area contributed by atoms with Crippen LogP contribution in [0.25, 0.3) is 20.5 Å². The molecule has 0 atom stereocenters. The number of fused-ring (bicyclic) bond motifs is 1. The number of hydrogen-bond donors (Lipinski definition) is 1. The number of hydrogen-bond acceptors (Lipinski definition) is 3. The fraction of sp³-hybridized carbons (Fsp3) is 0. The molecule has 0 unspecified atom stereocenters. The smallest absolute Gasteiger partial charge is 0.300 e. The van der Waals surface area contributed by atoms with Gasteiger partial charge in [0.25, 0.3) is 0 Å². The van der Waals surface area contributed by atoms with Crippen LogP contribution in [0, 0.1) is 11.8 Å². The fourth-order valence-electron chi connectivity index (χ4n) is 2.56. The molecule has 0 aliphatic rings. The third kappa shape index (κ3) is 3.48. The van der Waals surface area contributed by atoms with E-state index in [2.05, 4.69) is 28.6 Å². The van der Waals surface area contributed by atoms with Gasteiger partial charge in [0.2, 0.25) is 0 Å². The van der Waals surface area contributed by atoms with Gasteiger partial charge in [-0.05, 0) is 41.0 Å². The van der Waals surface area contributed by atoms with E-state index in [1.165, 1.54) is 9.75 Å². The van der Waals surface area contributed by atoms with Crippen molar-refractivity contribution in [2.24, 2.45) is 0 Å². The van der Waals surface area contributed by atoms with Crippen molar-refractivity contribution < 1.29 is 4.79 Å². The van der Waals surface area contributed by atoms with Crippen LogP contribution in [0.3, 0.4) is 0 Å². The molecule has 0 aliphatic carbocycles. The van der Waals surface area contributed by atoms with Gasteiger partial charge >= 0.3 is 5.91 Å². The van der Waals surface area contributed by atoms with Gasteiger partial charge in [-0.25, -0.2) is 0 Å². The van der Waals surface area contributed by atoms with Crippen LogP contribution in [0.5, 0.6) is 0 Å². The van der Waals surface area contributed by atoms with E-state index >= 15 is 0 Å². The lowest BCUT2D eigenvalue weighted by molar-refractivity contribution is -0.111. The molecule has 4 rings (SSSR count). The van der Waals surface area contributed by atoms with E-state index < -0.39 is 0 Å². The van der Waals surface area contributed by atoms with Crippen molar-refractivity contribution in [3.63, 3.8) is 0 Å². The summed E-state index contributed by atoms with van der Waals surface area (Å²) in [5, 5.41) is 7.04. The largest absolute Gasteiger partial charge is 0.315 e. The third-order valence-electron chi connectivity index (χ3n) is 3.71. The number of amides is 1. The lowest BCUT2D eigenvalue weighted by Gasteiger charge is -2.05. The maximum absolute atomic E-state index is 12.2. The molecule has 120 valence electrons. The molecule has 1 amide bonds. The van der Waals surface area contributed by atoms with Gasteiger partial charge < -0.3 is 5.32 Å². The first-order chi connectivity index (χ1) is 12.3. The minimum atomic E-state index is -0.303. The molecule has 0 saturated carbocycles. The fourth-order valence-corrected chi connectivity index (χ4v) is 4.26. The standard InChI is InChI=1S/C21H13NOS2/c23-21(22-18-8-3-6-15-5-1-2-7-17(15)18)13-11-16-10-12-20(25-16)19-9-4-14-24-19/h1-10,12,14H,(H,22,23). The highest BCUT2D eigenvalue weighted by Crippen LogP contribution is 2.31. The summed E-state index contributed by atoms with van der Waals surface area (Å²) in [5.74, 6) is 5.34. The molecule has 0 aliphatic heterocycles. The topological polar surface area (TPSA) is 29.1 Å². The van der Waals surface area contributed by atoms with Gasteiger partial charge in [-0.1, -0.05) is 42.5 Å². The molecule has 0 fully saturated rings. The molecule has 4 heteroatoms. The van der Waals surface area contributed by atoms with Crippen LogP contribution in [0.4, 0.5) is 5.69 Å². The first-order valence-electron chi connectivity index (χ1n) is 7.74. The quantitative estimate of drug-likeness (QED) is 0.462. The van der Waals surface area contributed by atoms with Crippen molar-refractivity contribution in [3.05, 3.63) is 77.0 Å². The van der Waals surface area contributed by atoms with Crippen LogP contribution in [0.2, 0.25) is 0 Å². The van der Waals surface area contributed by atoms with Gasteiger partial charge in [-0.15, -0.1) is 22.7 Å². The first kappa shape index (κ1) is 15.6. The zero-order valence-electron chi connectivity index (χ0n) is 13.2. The maximum Gasteiger partial charge on any atom is 0.300 e. The highest BCUT2D eigenvalue weighted by molar-refractivity contribution is 7.21. The van der Waals surface area contributed by atoms with Crippen LogP contribution in [0.15, 0.2) is 72.1 Å². The third-order valence-corrected chi connectivity index (χ3v) is 5.77. The number of benzene rings is 2. The van der Waals surface area contributed by atoms with E-state index in [-0.39, 0.29) is 5.91 Å². The lowest BCUT2D eigenvalue weighted by Crippen LogP contribution is -2.08. The highest BCUT2D eigenvalue weighted by Gasteiger charge is 2.04. The van der Waals surface area contributed by atoms with Crippen LogP contribution in [-0.2, 0) is 4.79 Å². The summed E-state index contributed by atoms with van der Waals surface area (Å²) in [5.41, 5.74) is 0.780. The molecular formula is C21H13NOS2. The Morgan fingerprint density at radius 2 is 1.76 bits per heavy atom. The van der Waals surface area contributed by atoms with Crippen LogP contribution < -0.4 is 5.32 Å². The van der Waals surface area contributed by atoms with Gasteiger partial charge in [-0.2, -0.15) is 0 Å². The molecule has 0 bridgehead atoms. The Kier molecular flexibility index (Phi) is 4.34. The van der Waals surface area contributed by atoms with Crippen molar-refractivity contribution in [1.29, 1.82) is 0 Å². The van der Waals surface area contributed by atoms with Crippen LogP contribution in [-0.4, -0.2) is 5.91 Å². The molecule has 0 saturated heterocycles. The molecule has 1 N–H and O–H groups in total. The Hall–Kier alpha value is -2.87. The maximum atomic E-state index is 12.2. The summed E-state index contributed by atoms with van der Waals surface area (Å²) in [4.78, 5) is 15.5. The summed E-state index contributed by atoms with van der Waals surface area (Å²) in [6, 6.07) is 21.9. The first-order valence-corrected chi connectivity index (χ1v) is 9.44. The van der Waals surface area contributed by atoms with Gasteiger partial charge in [0.15, 0.2) is 0 Å². The molecule has 2 nitrogen and oxygen atoms in total. The van der Waals surface area contributed by atoms with Crippen molar-refractivity contribution in [2.75, 3.05) is 5.32 Å². The minimum absolute atomic E-state index is 0.303. The normalized spacial score (nSPS) is 10.2. The van der Waals surface area contributed by atoms with Gasteiger partial charge in [0.1, 0.15) is 0 Å².